The van der Waals surface area contributed by atoms with E-state index >= 15 is 0 Å². The summed E-state index contributed by atoms with van der Waals surface area (Å²) < 4.78 is 10.7. The molecule has 1 unspecified atom stereocenters. The molecule has 2 saturated heterocycles. The molecule has 2 aliphatic rings. The zero-order chi connectivity index (χ0) is 28.7. The maximum Gasteiger partial charge on any atom is 0.229 e. The minimum atomic E-state index is -0.231. The minimum Gasteiger partial charge on any atom is -0.497 e. The number of rotatable bonds is 11. The van der Waals surface area contributed by atoms with Crippen molar-refractivity contribution in [1.82, 2.24) is 15.1 Å². The van der Waals surface area contributed by atoms with Crippen LogP contribution in [0.4, 0.5) is 0 Å². The highest BCUT2D eigenvalue weighted by molar-refractivity contribution is 5.85. The Balaban J connectivity index is 0.00000405. The van der Waals surface area contributed by atoms with Gasteiger partial charge in [0.2, 0.25) is 11.8 Å². The van der Waals surface area contributed by atoms with E-state index in [-0.39, 0.29) is 36.2 Å². The number of para-hydroxylation sites is 1. The van der Waals surface area contributed by atoms with Crippen LogP contribution in [0.5, 0.6) is 11.5 Å². The number of piperidine rings is 1. The maximum absolute atomic E-state index is 13.5. The van der Waals surface area contributed by atoms with Crippen LogP contribution in [0.1, 0.15) is 48.4 Å². The number of hydrogen-bond donors (Lipinski definition) is 1. The number of methoxy groups -OCH3 is 2. The quantitative estimate of drug-likeness (QED) is 0.322. The van der Waals surface area contributed by atoms with Crippen molar-refractivity contribution in [3.05, 3.63) is 95.6 Å². The number of hydrogen-bond acceptors (Lipinski definition) is 5. The standard InChI is InChI=1S/C34H41N3O4.ClH/c1-40-29-14-12-26(13-15-29)25-37-23-19-34(33(37)39)17-21-36(22-18-34)20-16-30(27-8-4-3-5-9-27)35-32(38)24-28-10-6-7-11-31(28)41-2;/h3-15,30H,16-25H2,1-2H3,(H,35,38);1H. The Morgan fingerprint density at radius 2 is 1.55 bits per heavy atom. The van der Waals surface area contributed by atoms with Crippen LogP contribution in [0.25, 0.3) is 0 Å². The zero-order valence-corrected chi connectivity index (χ0v) is 25.4. The van der Waals surface area contributed by atoms with Crippen LogP contribution in [-0.2, 0) is 22.6 Å². The Morgan fingerprint density at radius 3 is 2.24 bits per heavy atom. The molecule has 0 aromatic heterocycles. The largest absolute Gasteiger partial charge is 0.497 e. The topological polar surface area (TPSA) is 71.1 Å². The monoisotopic (exact) mass is 591 g/mol. The first-order valence-corrected chi connectivity index (χ1v) is 14.6. The fraction of sp³-hybridized carbons (Fsp3) is 0.412. The maximum atomic E-state index is 13.5. The van der Waals surface area contributed by atoms with Gasteiger partial charge in [-0.3, -0.25) is 9.59 Å². The number of carbonyl (C=O) groups is 2. The summed E-state index contributed by atoms with van der Waals surface area (Å²) in [6, 6.07) is 25.7. The molecule has 2 aliphatic heterocycles. The molecule has 0 bridgehead atoms. The number of likely N-dealkylation sites (tertiary alicyclic amines) is 2. The molecule has 1 spiro atoms. The van der Waals surface area contributed by atoms with E-state index in [9.17, 15) is 9.59 Å². The van der Waals surface area contributed by atoms with Crippen LogP contribution in [0.15, 0.2) is 78.9 Å². The SMILES string of the molecule is COc1ccc(CN2CCC3(CCN(CCC(NC(=O)Cc4ccccc4OC)c4ccccc4)CC3)C2=O)cc1.Cl. The van der Waals surface area contributed by atoms with Crippen LogP contribution in [0.3, 0.4) is 0 Å². The summed E-state index contributed by atoms with van der Waals surface area (Å²) in [6.07, 6.45) is 3.80. The lowest BCUT2D eigenvalue weighted by atomic mass is 9.77. The van der Waals surface area contributed by atoms with Crippen molar-refractivity contribution in [2.75, 3.05) is 40.4 Å². The lowest BCUT2D eigenvalue weighted by Gasteiger charge is -2.38. The number of carbonyl (C=O) groups excluding carboxylic acids is 2. The zero-order valence-electron chi connectivity index (χ0n) is 24.6. The molecule has 224 valence electrons. The van der Waals surface area contributed by atoms with Crippen molar-refractivity contribution in [3.8, 4) is 11.5 Å². The third-order valence-electron chi connectivity index (χ3n) is 8.76. The molecule has 0 aliphatic carbocycles. The van der Waals surface area contributed by atoms with Crippen LogP contribution < -0.4 is 14.8 Å². The van der Waals surface area contributed by atoms with Gasteiger partial charge in [0.25, 0.3) is 0 Å². The Bertz CT molecular complexity index is 1310. The van der Waals surface area contributed by atoms with Gasteiger partial charge in [0.15, 0.2) is 0 Å². The van der Waals surface area contributed by atoms with Crippen molar-refractivity contribution in [3.63, 3.8) is 0 Å². The van der Waals surface area contributed by atoms with E-state index in [0.717, 1.165) is 80.1 Å². The van der Waals surface area contributed by atoms with Crippen LogP contribution in [-0.4, -0.2) is 62.0 Å². The normalized spacial score (nSPS) is 17.0. The average Bonchev–Trinajstić information content (AvgIpc) is 3.31. The molecule has 1 N–H and O–H groups in total. The lowest BCUT2D eigenvalue weighted by molar-refractivity contribution is -0.139. The number of amides is 2. The van der Waals surface area contributed by atoms with Gasteiger partial charge in [-0.2, -0.15) is 0 Å². The van der Waals surface area contributed by atoms with Gasteiger partial charge in [-0.05, 0) is 68.1 Å². The third-order valence-corrected chi connectivity index (χ3v) is 8.76. The molecule has 1 atom stereocenters. The number of benzene rings is 3. The Kier molecular flexibility index (Phi) is 10.9. The van der Waals surface area contributed by atoms with E-state index in [1.807, 2.05) is 71.6 Å². The van der Waals surface area contributed by atoms with Gasteiger partial charge in [0.1, 0.15) is 11.5 Å². The summed E-state index contributed by atoms with van der Waals surface area (Å²) in [4.78, 5) is 31.1. The number of halogens is 1. The molecule has 2 fully saturated rings. The predicted molar refractivity (Wildman–Crippen MR) is 167 cm³/mol. The highest BCUT2D eigenvalue weighted by Crippen LogP contribution is 2.42. The van der Waals surface area contributed by atoms with Crippen LogP contribution in [0.2, 0.25) is 0 Å². The summed E-state index contributed by atoms with van der Waals surface area (Å²) in [7, 11) is 3.29. The first-order chi connectivity index (χ1) is 20.0. The number of nitrogens with one attached hydrogen (secondary N) is 1. The Morgan fingerprint density at radius 1 is 0.881 bits per heavy atom. The van der Waals surface area contributed by atoms with Gasteiger partial charge in [-0.15, -0.1) is 12.4 Å². The summed E-state index contributed by atoms with van der Waals surface area (Å²) in [5.41, 5.74) is 2.89. The molecule has 3 aromatic rings. The Labute approximate surface area is 255 Å². The molecule has 3 aromatic carbocycles. The second-order valence-corrected chi connectivity index (χ2v) is 11.3. The molecule has 2 amide bonds. The summed E-state index contributed by atoms with van der Waals surface area (Å²) >= 11 is 0. The van der Waals surface area contributed by atoms with Gasteiger partial charge in [-0.25, -0.2) is 0 Å². The molecule has 0 saturated carbocycles. The van der Waals surface area contributed by atoms with E-state index < -0.39 is 0 Å². The van der Waals surface area contributed by atoms with Crippen molar-refractivity contribution in [1.29, 1.82) is 0 Å². The van der Waals surface area contributed by atoms with Gasteiger partial charge >= 0.3 is 0 Å². The van der Waals surface area contributed by atoms with Crippen LogP contribution in [0, 0.1) is 5.41 Å². The van der Waals surface area contributed by atoms with Gasteiger partial charge in [-0.1, -0.05) is 60.7 Å². The highest BCUT2D eigenvalue weighted by Gasteiger charge is 2.47. The number of ether oxygens (including phenoxy) is 2. The molecule has 0 radical (unpaired) electrons. The summed E-state index contributed by atoms with van der Waals surface area (Å²) in [6.45, 7) is 4.15. The van der Waals surface area contributed by atoms with Gasteiger partial charge in [0, 0.05) is 25.2 Å². The van der Waals surface area contributed by atoms with E-state index in [2.05, 4.69) is 22.3 Å². The first kappa shape index (κ1) is 31.4. The first-order valence-electron chi connectivity index (χ1n) is 14.6. The fourth-order valence-electron chi connectivity index (χ4n) is 6.25. The molecular weight excluding hydrogens is 550 g/mol. The minimum absolute atomic E-state index is 0. The fourth-order valence-corrected chi connectivity index (χ4v) is 6.25. The second-order valence-electron chi connectivity index (χ2n) is 11.3. The second kappa shape index (κ2) is 14.6. The summed E-state index contributed by atoms with van der Waals surface area (Å²) in [5, 5.41) is 3.27. The van der Waals surface area contributed by atoms with Crippen molar-refractivity contribution >= 4 is 24.2 Å². The van der Waals surface area contributed by atoms with Gasteiger partial charge < -0.3 is 24.6 Å². The third kappa shape index (κ3) is 7.44. The molecule has 7 nitrogen and oxygen atoms in total. The average molecular weight is 592 g/mol. The van der Waals surface area contributed by atoms with E-state index in [4.69, 9.17) is 9.47 Å². The van der Waals surface area contributed by atoms with Crippen LogP contribution >= 0.6 is 12.4 Å². The van der Waals surface area contributed by atoms with Crippen molar-refractivity contribution in [2.45, 2.75) is 44.7 Å². The molecule has 2 heterocycles. The smallest absolute Gasteiger partial charge is 0.229 e. The Hall–Kier alpha value is -3.55. The van der Waals surface area contributed by atoms with Crippen molar-refractivity contribution < 1.29 is 19.1 Å². The molecule has 5 rings (SSSR count). The predicted octanol–water partition coefficient (Wildman–Crippen LogP) is 5.43. The molecule has 42 heavy (non-hydrogen) atoms. The molecule has 8 heteroatoms. The van der Waals surface area contributed by atoms with E-state index in [0.29, 0.717) is 12.5 Å². The highest BCUT2D eigenvalue weighted by atomic mass is 35.5. The van der Waals surface area contributed by atoms with E-state index in [1.54, 1.807) is 14.2 Å². The number of nitrogens with zero attached hydrogens (tertiary/aromatic N) is 2. The molecular formula is C34H42ClN3O4. The lowest BCUT2D eigenvalue weighted by Crippen LogP contribution is -2.45. The van der Waals surface area contributed by atoms with Gasteiger partial charge in [0.05, 0.1) is 32.1 Å². The van der Waals surface area contributed by atoms with Crippen molar-refractivity contribution in [2.24, 2.45) is 5.41 Å². The summed E-state index contributed by atoms with van der Waals surface area (Å²) in [5.74, 6) is 1.84. The van der Waals surface area contributed by atoms with E-state index in [1.165, 1.54) is 0 Å².